The van der Waals surface area contributed by atoms with E-state index in [4.69, 9.17) is 33.5 Å². The minimum atomic E-state index is -0.213. The summed E-state index contributed by atoms with van der Waals surface area (Å²) in [5, 5.41) is 0.341. The van der Waals surface area contributed by atoms with E-state index in [2.05, 4.69) is 5.43 Å². The summed E-state index contributed by atoms with van der Waals surface area (Å²) in [6.45, 7) is 0. The molecule has 0 aliphatic carbocycles. The van der Waals surface area contributed by atoms with E-state index in [1.165, 1.54) is 11.3 Å². The summed E-state index contributed by atoms with van der Waals surface area (Å²) in [5.41, 5.74) is 2.66. The summed E-state index contributed by atoms with van der Waals surface area (Å²) in [6.07, 6.45) is 0. The smallest absolute Gasteiger partial charge is 0.193 e. The molecule has 2 heterocycles. The zero-order chi connectivity index (χ0) is 10.8. The molecular formula is C9H8Cl2N2OS. The predicted octanol–water partition coefficient (Wildman–Crippen LogP) is 3.20. The number of nitrogens with two attached hydrogens (primary N) is 1. The molecule has 0 radical (unpaired) electrons. The number of nitrogens with one attached hydrogen (secondary N) is 1. The van der Waals surface area contributed by atoms with Crippen LogP contribution in [0.2, 0.25) is 9.56 Å². The Balaban J connectivity index is 2.32. The number of furan rings is 1. The first-order chi connectivity index (χ1) is 7.20. The van der Waals surface area contributed by atoms with Crippen LogP contribution in [0.4, 0.5) is 0 Å². The van der Waals surface area contributed by atoms with Crippen molar-refractivity contribution in [3.63, 3.8) is 0 Å². The third-order valence-corrected chi connectivity index (χ3v) is 3.42. The van der Waals surface area contributed by atoms with Crippen molar-refractivity contribution >= 4 is 34.5 Å². The van der Waals surface area contributed by atoms with Gasteiger partial charge in [0.05, 0.1) is 4.34 Å². The van der Waals surface area contributed by atoms with Crippen LogP contribution in [0.25, 0.3) is 0 Å². The molecule has 3 nitrogen and oxygen atoms in total. The monoisotopic (exact) mass is 262 g/mol. The van der Waals surface area contributed by atoms with Gasteiger partial charge >= 0.3 is 0 Å². The van der Waals surface area contributed by atoms with Crippen molar-refractivity contribution in [2.24, 2.45) is 5.84 Å². The van der Waals surface area contributed by atoms with Gasteiger partial charge in [-0.05, 0) is 35.9 Å². The molecule has 2 aromatic rings. The van der Waals surface area contributed by atoms with E-state index >= 15 is 0 Å². The SMILES string of the molecule is NNC(c1ccc(Cl)o1)c1ccc(Cl)s1. The van der Waals surface area contributed by atoms with Crippen LogP contribution in [-0.4, -0.2) is 0 Å². The standard InChI is InChI=1S/C9H8Cl2N2OS/c10-7-3-1-5(14-7)9(13-12)6-2-4-8(11)15-6/h1-4,9,13H,12H2. The second kappa shape index (κ2) is 4.55. The lowest BCUT2D eigenvalue weighted by molar-refractivity contribution is 0.456. The van der Waals surface area contributed by atoms with Crippen LogP contribution in [0.3, 0.4) is 0 Å². The van der Waals surface area contributed by atoms with E-state index in [0.717, 1.165) is 4.88 Å². The lowest BCUT2D eigenvalue weighted by Crippen LogP contribution is -2.27. The second-order valence-corrected chi connectivity index (χ2v) is 5.00. The number of hydrogen-bond acceptors (Lipinski definition) is 4. The Kier molecular flexibility index (Phi) is 3.33. The molecule has 0 fully saturated rings. The number of rotatable bonds is 3. The van der Waals surface area contributed by atoms with Gasteiger partial charge in [0.1, 0.15) is 11.8 Å². The summed E-state index contributed by atoms with van der Waals surface area (Å²) in [5.74, 6) is 6.13. The fraction of sp³-hybridized carbons (Fsp3) is 0.111. The molecule has 1 atom stereocenters. The van der Waals surface area contributed by atoms with Crippen molar-refractivity contribution in [1.82, 2.24) is 5.43 Å². The largest absolute Gasteiger partial charge is 0.448 e. The maximum atomic E-state index is 5.85. The maximum absolute atomic E-state index is 5.85. The highest BCUT2D eigenvalue weighted by atomic mass is 35.5. The van der Waals surface area contributed by atoms with Crippen LogP contribution in [0.15, 0.2) is 28.7 Å². The molecule has 2 rings (SSSR count). The van der Waals surface area contributed by atoms with E-state index in [1.54, 1.807) is 12.1 Å². The summed E-state index contributed by atoms with van der Waals surface area (Å²) in [7, 11) is 0. The Morgan fingerprint density at radius 1 is 1.27 bits per heavy atom. The zero-order valence-corrected chi connectivity index (χ0v) is 9.86. The normalized spacial score (nSPS) is 13.0. The number of halogens is 2. The first-order valence-electron chi connectivity index (χ1n) is 4.17. The molecule has 2 aromatic heterocycles. The molecule has 0 spiro atoms. The summed E-state index contributed by atoms with van der Waals surface area (Å²) in [4.78, 5) is 0.980. The third kappa shape index (κ3) is 2.35. The molecule has 3 N–H and O–H groups in total. The molecule has 0 saturated heterocycles. The van der Waals surface area contributed by atoms with Gasteiger partial charge in [-0.25, -0.2) is 5.43 Å². The first kappa shape index (κ1) is 11.0. The van der Waals surface area contributed by atoms with Gasteiger partial charge in [-0.1, -0.05) is 11.6 Å². The Hall–Kier alpha value is -0.520. The van der Waals surface area contributed by atoms with Gasteiger partial charge in [0.15, 0.2) is 5.22 Å². The van der Waals surface area contributed by atoms with Gasteiger partial charge in [-0.3, -0.25) is 5.84 Å². The molecule has 1 unspecified atom stereocenters. The molecule has 80 valence electrons. The number of thiophene rings is 1. The molecule has 0 saturated carbocycles. The lowest BCUT2D eigenvalue weighted by Gasteiger charge is -2.10. The molecular weight excluding hydrogens is 255 g/mol. The van der Waals surface area contributed by atoms with Gasteiger partial charge in [0.25, 0.3) is 0 Å². The molecule has 0 amide bonds. The topological polar surface area (TPSA) is 51.2 Å². The van der Waals surface area contributed by atoms with E-state index in [-0.39, 0.29) is 6.04 Å². The number of hydrazine groups is 1. The Morgan fingerprint density at radius 2 is 2.07 bits per heavy atom. The molecule has 15 heavy (non-hydrogen) atoms. The van der Waals surface area contributed by atoms with Gasteiger partial charge in [-0.15, -0.1) is 11.3 Å². The minimum absolute atomic E-state index is 0.213. The van der Waals surface area contributed by atoms with E-state index in [9.17, 15) is 0 Å². The van der Waals surface area contributed by atoms with Crippen molar-refractivity contribution in [1.29, 1.82) is 0 Å². The van der Waals surface area contributed by atoms with Gasteiger partial charge in [-0.2, -0.15) is 0 Å². The van der Waals surface area contributed by atoms with E-state index in [1.807, 2.05) is 12.1 Å². The first-order valence-corrected chi connectivity index (χ1v) is 5.74. The van der Waals surface area contributed by atoms with Crippen molar-refractivity contribution in [2.45, 2.75) is 6.04 Å². The van der Waals surface area contributed by atoms with E-state index in [0.29, 0.717) is 15.3 Å². The summed E-state index contributed by atoms with van der Waals surface area (Å²) < 4.78 is 6.00. The third-order valence-electron chi connectivity index (χ3n) is 1.92. The fourth-order valence-corrected chi connectivity index (χ4v) is 2.55. The van der Waals surface area contributed by atoms with Gasteiger partial charge < -0.3 is 4.42 Å². The highest BCUT2D eigenvalue weighted by Crippen LogP contribution is 2.31. The molecule has 6 heteroatoms. The fourth-order valence-electron chi connectivity index (χ4n) is 1.27. The Morgan fingerprint density at radius 3 is 2.53 bits per heavy atom. The van der Waals surface area contributed by atoms with Gasteiger partial charge in [0, 0.05) is 4.88 Å². The molecule has 0 aliphatic heterocycles. The second-order valence-electron chi connectivity index (χ2n) is 2.88. The zero-order valence-electron chi connectivity index (χ0n) is 7.54. The van der Waals surface area contributed by atoms with Gasteiger partial charge in [0.2, 0.25) is 0 Å². The van der Waals surface area contributed by atoms with Crippen molar-refractivity contribution in [2.75, 3.05) is 0 Å². The van der Waals surface area contributed by atoms with Crippen molar-refractivity contribution in [3.05, 3.63) is 44.5 Å². The van der Waals surface area contributed by atoms with Crippen LogP contribution in [0.5, 0.6) is 0 Å². The average molecular weight is 263 g/mol. The van der Waals surface area contributed by atoms with Crippen LogP contribution >= 0.6 is 34.5 Å². The summed E-state index contributed by atoms with van der Waals surface area (Å²) in [6, 6.07) is 6.96. The number of hydrogen-bond donors (Lipinski definition) is 2. The maximum Gasteiger partial charge on any atom is 0.193 e. The molecule has 0 aromatic carbocycles. The van der Waals surface area contributed by atoms with Crippen LogP contribution < -0.4 is 11.3 Å². The van der Waals surface area contributed by atoms with E-state index < -0.39 is 0 Å². The minimum Gasteiger partial charge on any atom is -0.448 e. The van der Waals surface area contributed by atoms with Crippen LogP contribution in [0.1, 0.15) is 16.7 Å². The summed E-state index contributed by atoms with van der Waals surface area (Å²) >= 11 is 13.0. The quantitative estimate of drug-likeness (QED) is 0.660. The average Bonchev–Trinajstić information content (AvgIpc) is 2.78. The predicted molar refractivity (Wildman–Crippen MR) is 62.2 cm³/mol. The van der Waals surface area contributed by atoms with Crippen LogP contribution in [0, 0.1) is 0 Å². The highest BCUT2D eigenvalue weighted by molar-refractivity contribution is 7.16. The highest BCUT2D eigenvalue weighted by Gasteiger charge is 2.17. The van der Waals surface area contributed by atoms with Crippen LogP contribution in [-0.2, 0) is 0 Å². The molecule has 0 bridgehead atoms. The Bertz CT molecular complexity index is 414. The lowest BCUT2D eigenvalue weighted by atomic mass is 10.2. The van der Waals surface area contributed by atoms with Crippen molar-refractivity contribution < 1.29 is 4.42 Å². The Labute approximate surface area is 101 Å². The molecule has 0 aliphatic rings. The van der Waals surface area contributed by atoms with Crippen molar-refractivity contribution in [3.8, 4) is 0 Å².